The van der Waals surface area contributed by atoms with Crippen molar-refractivity contribution in [2.75, 3.05) is 23.8 Å². The first-order valence-electron chi connectivity index (χ1n) is 5.01. The predicted molar refractivity (Wildman–Crippen MR) is 61.1 cm³/mol. The van der Waals surface area contributed by atoms with E-state index in [4.69, 9.17) is 22.4 Å². The van der Waals surface area contributed by atoms with Crippen molar-refractivity contribution >= 4 is 23.1 Å². The molecule has 0 radical (unpaired) electrons. The van der Waals surface area contributed by atoms with Crippen LogP contribution in [-0.4, -0.2) is 29.3 Å². The first-order valence-corrected chi connectivity index (χ1v) is 5.38. The Morgan fingerprint density at radius 3 is 2.87 bits per heavy atom. The van der Waals surface area contributed by atoms with Gasteiger partial charge in [0, 0.05) is 18.8 Å². The first kappa shape index (κ1) is 10.5. The van der Waals surface area contributed by atoms with Gasteiger partial charge in [0.05, 0.1) is 17.3 Å². The smallest absolute Gasteiger partial charge is 0.152 e. The second-order valence-electron chi connectivity index (χ2n) is 3.71. The van der Waals surface area contributed by atoms with Crippen molar-refractivity contribution in [1.82, 2.24) is 4.98 Å². The molecule has 15 heavy (non-hydrogen) atoms. The highest BCUT2D eigenvalue weighted by molar-refractivity contribution is 6.30. The van der Waals surface area contributed by atoms with E-state index in [9.17, 15) is 0 Å². The fraction of sp³-hybridized carbons (Fsp3) is 0.500. The summed E-state index contributed by atoms with van der Waals surface area (Å²) in [6.45, 7) is 0.684. The molecule has 3 N–H and O–H groups in total. The number of nitrogens with two attached hydrogens (primary N) is 1. The zero-order valence-corrected chi connectivity index (χ0v) is 9.11. The molecule has 82 valence electrons. The molecule has 0 saturated heterocycles. The van der Waals surface area contributed by atoms with E-state index in [1.54, 1.807) is 12.3 Å². The number of nitrogens with zero attached hydrogens (tertiary/aromatic N) is 2. The molecule has 0 bridgehead atoms. The lowest BCUT2D eigenvalue weighted by Gasteiger charge is -2.23. The number of aliphatic hydroxyl groups excluding tert-OH is 1. The highest BCUT2D eigenvalue weighted by atomic mass is 35.5. The second kappa shape index (κ2) is 4.24. The Labute approximate surface area is 93.7 Å². The zero-order chi connectivity index (χ0) is 10.8. The molecular weight excluding hydrogens is 214 g/mol. The molecule has 1 fully saturated rings. The number of halogens is 1. The van der Waals surface area contributed by atoms with Gasteiger partial charge in [0.1, 0.15) is 0 Å². The molecule has 0 aromatic carbocycles. The number of pyridine rings is 1. The number of nitrogen functional groups attached to an aromatic ring is 1. The van der Waals surface area contributed by atoms with Crippen LogP contribution in [0.2, 0.25) is 5.02 Å². The maximum absolute atomic E-state index is 8.98. The predicted octanol–water partition coefficient (Wildman–Crippen LogP) is 1.28. The number of aromatic nitrogens is 1. The van der Waals surface area contributed by atoms with Crippen LogP contribution in [0.4, 0.5) is 11.5 Å². The van der Waals surface area contributed by atoms with E-state index < -0.39 is 0 Å². The third kappa shape index (κ3) is 2.33. The summed E-state index contributed by atoms with van der Waals surface area (Å²) in [6.07, 6.45) is 3.87. The van der Waals surface area contributed by atoms with Crippen molar-refractivity contribution in [2.24, 2.45) is 0 Å². The zero-order valence-electron chi connectivity index (χ0n) is 8.36. The molecule has 1 aliphatic carbocycles. The molecule has 1 aromatic heterocycles. The number of rotatable bonds is 4. The summed E-state index contributed by atoms with van der Waals surface area (Å²) < 4.78 is 0. The van der Waals surface area contributed by atoms with Gasteiger partial charge in [-0.2, -0.15) is 0 Å². The van der Waals surface area contributed by atoms with Crippen molar-refractivity contribution in [1.29, 1.82) is 0 Å². The van der Waals surface area contributed by atoms with E-state index in [1.807, 2.05) is 4.90 Å². The highest BCUT2D eigenvalue weighted by Gasteiger charge is 2.30. The SMILES string of the molecule is Nc1cc(Cl)cnc1N(CCO)C1CC1. The topological polar surface area (TPSA) is 62.4 Å². The molecule has 2 rings (SSSR count). The molecule has 0 atom stereocenters. The van der Waals surface area contributed by atoms with Gasteiger partial charge in [0.2, 0.25) is 0 Å². The van der Waals surface area contributed by atoms with Gasteiger partial charge in [0.15, 0.2) is 5.82 Å². The average molecular weight is 228 g/mol. The fourth-order valence-corrected chi connectivity index (χ4v) is 1.81. The monoisotopic (exact) mass is 227 g/mol. The average Bonchev–Trinajstić information content (AvgIpc) is 2.98. The van der Waals surface area contributed by atoms with Gasteiger partial charge in [-0.05, 0) is 18.9 Å². The van der Waals surface area contributed by atoms with Gasteiger partial charge < -0.3 is 15.7 Å². The lowest BCUT2D eigenvalue weighted by Crippen LogP contribution is -2.30. The third-order valence-electron chi connectivity index (χ3n) is 2.46. The minimum atomic E-state index is 0.111. The van der Waals surface area contributed by atoms with Gasteiger partial charge in [-0.3, -0.25) is 0 Å². The summed E-state index contributed by atoms with van der Waals surface area (Å²) in [5.41, 5.74) is 6.42. The summed E-state index contributed by atoms with van der Waals surface area (Å²) in [5.74, 6) is 0.732. The Kier molecular flexibility index (Phi) is 2.98. The van der Waals surface area contributed by atoms with E-state index >= 15 is 0 Å². The molecule has 0 spiro atoms. The van der Waals surface area contributed by atoms with Gasteiger partial charge in [-0.15, -0.1) is 0 Å². The van der Waals surface area contributed by atoms with Crippen LogP contribution in [0.5, 0.6) is 0 Å². The van der Waals surface area contributed by atoms with Crippen LogP contribution in [0.1, 0.15) is 12.8 Å². The third-order valence-corrected chi connectivity index (χ3v) is 2.67. The van der Waals surface area contributed by atoms with Crippen LogP contribution in [0, 0.1) is 0 Å². The molecule has 1 saturated carbocycles. The van der Waals surface area contributed by atoms with Crippen molar-refractivity contribution in [3.63, 3.8) is 0 Å². The lowest BCUT2D eigenvalue weighted by atomic mass is 10.3. The normalized spacial score (nSPS) is 15.3. The molecule has 5 heteroatoms. The van der Waals surface area contributed by atoms with E-state index in [2.05, 4.69) is 4.98 Å². The quantitative estimate of drug-likeness (QED) is 0.814. The van der Waals surface area contributed by atoms with Gasteiger partial charge in [-0.25, -0.2) is 4.98 Å². The van der Waals surface area contributed by atoms with Crippen molar-refractivity contribution in [3.8, 4) is 0 Å². The highest BCUT2D eigenvalue weighted by Crippen LogP contribution is 2.33. The van der Waals surface area contributed by atoms with Crippen LogP contribution >= 0.6 is 11.6 Å². The summed E-state index contributed by atoms with van der Waals surface area (Å²) in [6, 6.07) is 2.17. The van der Waals surface area contributed by atoms with Gasteiger partial charge >= 0.3 is 0 Å². The Balaban J connectivity index is 2.24. The maximum Gasteiger partial charge on any atom is 0.152 e. The van der Waals surface area contributed by atoms with Crippen molar-refractivity contribution < 1.29 is 5.11 Å². The largest absolute Gasteiger partial charge is 0.396 e. The molecule has 1 aromatic rings. The molecule has 0 unspecified atom stereocenters. The molecule has 0 aliphatic heterocycles. The van der Waals surface area contributed by atoms with Gasteiger partial charge in [0.25, 0.3) is 0 Å². The summed E-state index contributed by atoms with van der Waals surface area (Å²) >= 11 is 5.78. The molecular formula is C10H14ClN3O. The van der Waals surface area contributed by atoms with Crippen LogP contribution in [0.3, 0.4) is 0 Å². The molecule has 1 heterocycles. The van der Waals surface area contributed by atoms with Crippen LogP contribution < -0.4 is 10.6 Å². The van der Waals surface area contributed by atoms with E-state index in [-0.39, 0.29) is 6.61 Å². The summed E-state index contributed by atoms with van der Waals surface area (Å²) in [4.78, 5) is 6.26. The van der Waals surface area contributed by atoms with E-state index in [1.165, 1.54) is 0 Å². The number of hydrogen-bond donors (Lipinski definition) is 2. The summed E-state index contributed by atoms with van der Waals surface area (Å²) in [5, 5.41) is 9.52. The Bertz CT molecular complexity index is 355. The van der Waals surface area contributed by atoms with E-state index in [0.717, 1.165) is 18.7 Å². The van der Waals surface area contributed by atoms with Crippen LogP contribution in [-0.2, 0) is 0 Å². The maximum atomic E-state index is 8.98. The minimum Gasteiger partial charge on any atom is -0.396 e. The fourth-order valence-electron chi connectivity index (χ4n) is 1.64. The van der Waals surface area contributed by atoms with Crippen LogP contribution in [0.25, 0.3) is 0 Å². The Morgan fingerprint density at radius 1 is 1.60 bits per heavy atom. The van der Waals surface area contributed by atoms with Gasteiger partial charge in [-0.1, -0.05) is 11.6 Å². The number of aliphatic hydroxyl groups is 1. The van der Waals surface area contributed by atoms with Crippen LogP contribution in [0.15, 0.2) is 12.3 Å². The summed E-state index contributed by atoms with van der Waals surface area (Å²) in [7, 11) is 0. The number of anilines is 2. The second-order valence-corrected chi connectivity index (χ2v) is 4.15. The standard InChI is InChI=1S/C10H14ClN3O/c11-7-5-9(12)10(13-6-7)14(3-4-15)8-1-2-8/h5-6,8,15H,1-4,12H2. The van der Waals surface area contributed by atoms with E-state index in [0.29, 0.717) is 23.3 Å². The van der Waals surface area contributed by atoms with Crippen molar-refractivity contribution in [2.45, 2.75) is 18.9 Å². The Hall–Kier alpha value is -1.00. The molecule has 1 aliphatic rings. The molecule has 4 nitrogen and oxygen atoms in total. The lowest BCUT2D eigenvalue weighted by molar-refractivity contribution is 0.301. The Morgan fingerprint density at radius 2 is 2.33 bits per heavy atom. The minimum absolute atomic E-state index is 0.111. The number of hydrogen-bond acceptors (Lipinski definition) is 4. The van der Waals surface area contributed by atoms with Crippen molar-refractivity contribution in [3.05, 3.63) is 17.3 Å². The molecule has 0 amide bonds. The first-order chi connectivity index (χ1) is 7.22.